The van der Waals surface area contributed by atoms with E-state index >= 15 is 0 Å². The summed E-state index contributed by atoms with van der Waals surface area (Å²) in [6.45, 7) is -2.23. The van der Waals surface area contributed by atoms with Gasteiger partial charge in [-0.15, -0.1) is 0 Å². The van der Waals surface area contributed by atoms with Gasteiger partial charge >= 0.3 is 0 Å². The summed E-state index contributed by atoms with van der Waals surface area (Å²) in [6, 6.07) is 5.68. The Labute approximate surface area is 314 Å². The van der Waals surface area contributed by atoms with Crippen LogP contribution >= 0.6 is 0 Å². The number of fused-ring (bicyclic) bond motifs is 1. The lowest BCUT2D eigenvalue weighted by Crippen LogP contribution is -2.62. The predicted octanol–water partition coefficient (Wildman–Crippen LogP) is -4.94. The Kier molecular flexibility index (Phi) is 12.6. The number of methoxy groups -OCH3 is 1. The van der Waals surface area contributed by atoms with Crippen LogP contribution in [0.4, 0.5) is 0 Å². The highest BCUT2D eigenvalue weighted by molar-refractivity contribution is 5.88. The van der Waals surface area contributed by atoms with Gasteiger partial charge in [-0.25, -0.2) is 0 Å². The van der Waals surface area contributed by atoms with Crippen molar-refractivity contribution in [3.05, 3.63) is 40.6 Å². The van der Waals surface area contributed by atoms with E-state index in [1.807, 2.05) is 0 Å². The van der Waals surface area contributed by atoms with E-state index in [1.54, 1.807) is 0 Å². The number of phenols is 2. The van der Waals surface area contributed by atoms with E-state index in [4.69, 9.17) is 37.6 Å². The Hall–Kier alpha value is -3.95. The number of ether oxygens (including phenoxy) is 7. The topological polar surface area (TPSA) is 358 Å². The Morgan fingerprint density at radius 2 is 1.16 bits per heavy atom. The molecule has 6 rings (SSSR count). The standard InChI is InChI=1S/C34H42O22/c1-49-14-4-10(2-3-12(14)37)30-31(56-34-29(48)25(44)21(40)17(8-36)54-34)23(42)19-13(38)5-11(6-15(19)52-30)51-33-28(47)26(45)22(41)18(55-33)9-50-32-27(46)24(43)20(39)16(7-35)53-32/h2-6,16-18,20-22,24-29,32-41,43-48H,7-9H2,1H3/t16?,17?,18?,20-,21-,22-,24?,25?,26+,27-,28?,29?,32-,33-,34+/m1/s1. The summed E-state index contributed by atoms with van der Waals surface area (Å²) in [7, 11) is 1.24. The molecule has 15 atom stereocenters. The zero-order valence-corrected chi connectivity index (χ0v) is 29.2. The van der Waals surface area contributed by atoms with Gasteiger partial charge in [0, 0.05) is 17.7 Å². The average Bonchev–Trinajstić information content (AvgIpc) is 3.18. The molecule has 4 heterocycles. The van der Waals surface area contributed by atoms with Crippen molar-refractivity contribution >= 4 is 11.0 Å². The minimum Gasteiger partial charge on any atom is -0.507 e. The number of hydrogen-bond acceptors (Lipinski definition) is 22. The zero-order valence-electron chi connectivity index (χ0n) is 29.2. The first-order valence-corrected chi connectivity index (χ1v) is 17.1. The summed E-state index contributed by atoms with van der Waals surface area (Å²) in [5, 5.41) is 133. The largest absolute Gasteiger partial charge is 0.507 e. The maximum absolute atomic E-state index is 14.0. The van der Waals surface area contributed by atoms with Crippen molar-refractivity contribution in [2.45, 2.75) is 92.1 Å². The molecule has 3 aromatic rings. The summed E-state index contributed by atoms with van der Waals surface area (Å²) in [5.74, 6) is -2.64. The van der Waals surface area contributed by atoms with Gasteiger partial charge < -0.3 is 104 Å². The van der Waals surface area contributed by atoms with E-state index in [0.29, 0.717) is 0 Å². The zero-order chi connectivity index (χ0) is 40.7. The molecule has 0 saturated carbocycles. The van der Waals surface area contributed by atoms with E-state index in [2.05, 4.69) is 0 Å². The van der Waals surface area contributed by atoms with E-state index in [0.717, 1.165) is 12.1 Å². The van der Waals surface area contributed by atoms with Crippen molar-refractivity contribution in [1.82, 2.24) is 0 Å². The van der Waals surface area contributed by atoms with Crippen LogP contribution in [0.5, 0.6) is 28.7 Å². The van der Waals surface area contributed by atoms with Gasteiger partial charge in [-0.3, -0.25) is 4.79 Å². The molecule has 0 radical (unpaired) electrons. The molecule has 3 aliphatic rings. The molecule has 3 aliphatic heterocycles. The molecule has 22 heteroatoms. The monoisotopic (exact) mass is 802 g/mol. The van der Waals surface area contributed by atoms with Crippen molar-refractivity contribution in [2.75, 3.05) is 26.9 Å². The number of hydrogen-bond donors (Lipinski definition) is 13. The van der Waals surface area contributed by atoms with Crippen LogP contribution in [0.15, 0.2) is 39.5 Å². The normalized spacial score (nSPS) is 36.3. The molecule has 0 amide bonds. The number of aliphatic hydroxyl groups is 11. The lowest BCUT2D eigenvalue weighted by atomic mass is 9.98. The Morgan fingerprint density at radius 1 is 0.625 bits per heavy atom. The molecule has 3 fully saturated rings. The third-order valence-corrected chi connectivity index (χ3v) is 9.62. The smallest absolute Gasteiger partial charge is 0.239 e. The van der Waals surface area contributed by atoms with E-state index in [9.17, 15) is 71.2 Å². The van der Waals surface area contributed by atoms with Gasteiger partial charge in [-0.05, 0) is 18.2 Å². The summed E-state index contributed by atoms with van der Waals surface area (Å²) >= 11 is 0. The van der Waals surface area contributed by atoms with Crippen molar-refractivity contribution < 1.29 is 104 Å². The van der Waals surface area contributed by atoms with Crippen LogP contribution in [0.25, 0.3) is 22.3 Å². The fourth-order valence-corrected chi connectivity index (χ4v) is 6.40. The number of benzene rings is 2. The molecular weight excluding hydrogens is 760 g/mol. The van der Waals surface area contributed by atoms with Gasteiger partial charge in [0.05, 0.1) is 26.9 Å². The fraction of sp³-hybridized carbons (Fsp3) is 0.559. The molecule has 0 bridgehead atoms. The molecule has 2 aromatic carbocycles. The quantitative estimate of drug-likeness (QED) is 0.0863. The Morgan fingerprint density at radius 3 is 1.75 bits per heavy atom. The lowest BCUT2D eigenvalue weighted by molar-refractivity contribution is -0.323. The maximum atomic E-state index is 14.0. The van der Waals surface area contributed by atoms with Crippen molar-refractivity contribution in [2.24, 2.45) is 0 Å². The summed E-state index contributed by atoms with van der Waals surface area (Å²) in [5.41, 5.74) is -1.44. The molecule has 310 valence electrons. The highest BCUT2D eigenvalue weighted by Gasteiger charge is 2.49. The van der Waals surface area contributed by atoms with Gasteiger partial charge in [-0.2, -0.15) is 0 Å². The predicted molar refractivity (Wildman–Crippen MR) is 179 cm³/mol. The van der Waals surface area contributed by atoms with Crippen LogP contribution in [-0.2, 0) is 18.9 Å². The molecule has 13 N–H and O–H groups in total. The molecule has 0 aliphatic carbocycles. The second kappa shape index (κ2) is 16.9. The first kappa shape index (κ1) is 41.7. The van der Waals surface area contributed by atoms with Crippen LogP contribution in [0.1, 0.15) is 0 Å². The first-order valence-electron chi connectivity index (χ1n) is 17.1. The highest BCUT2D eigenvalue weighted by atomic mass is 16.7. The van der Waals surface area contributed by atoms with Crippen LogP contribution < -0.4 is 19.6 Å². The SMILES string of the molecule is COc1cc(-c2oc3cc(O[C@@H]4OC(CO[C@@H]5OC(CO)[C@@H](O)C(O)[C@H]5O)[C@@H](O)[C@H](O)C4O)cc(O)c3c(=O)c2O[C@@H]2OC(CO)[C@@H](O)C(O)C2O)ccc1O. The summed E-state index contributed by atoms with van der Waals surface area (Å²) < 4.78 is 44.3. The van der Waals surface area contributed by atoms with Crippen LogP contribution in [0.3, 0.4) is 0 Å². The third kappa shape index (κ3) is 7.83. The van der Waals surface area contributed by atoms with E-state index < -0.39 is 140 Å². The number of rotatable bonds is 11. The number of aliphatic hydroxyl groups excluding tert-OH is 11. The second-order valence-corrected chi connectivity index (χ2v) is 13.3. The number of phenolic OH excluding ortho intramolecular Hbond substituents is 2. The third-order valence-electron chi connectivity index (χ3n) is 9.62. The van der Waals surface area contributed by atoms with Gasteiger partial charge in [-0.1, -0.05) is 0 Å². The van der Waals surface area contributed by atoms with Crippen molar-refractivity contribution in [3.8, 4) is 40.1 Å². The molecule has 0 spiro atoms. The van der Waals surface area contributed by atoms with Crippen molar-refractivity contribution in [3.63, 3.8) is 0 Å². The van der Waals surface area contributed by atoms with Gasteiger partial charge in [0.1, 0.15) is 95.7 Å². The molecule has 7 unspecified atom stereocenters. The second-order valence-electron chi connectivity index (χ2n) is 13.3. The highest BCUT2D eigenvalue weighted by Crippen LogP contribution is 2.40. The van der Waals surface area contributed by atoms with Crippen molar-refractivity contribution in [1.29, 1.82) is 0 Å². The summed E-state index contributed by atoms with van der Waals surface area (Å²) in [6.07, 6.45) is -26.1. The van der Waals surface area contributed by atoms with Gasteiger partial charge in [0.15, 0.2) is 23.5 Å². The minimum absolute atomic E-state index is 0.0226. The van der Waals surface area contributed by atoms with E-state index in [-0.39, 0.29) is 28.4 Å². The molecule has 1 aromatic heterocycles. The minimum atomic E-state index is -1.96. The van der Waals surface area contributed by atoms with Gasteiger partial charge in [0.2, 0.25) is 23.8 Å². The first-order chi connectivity index (χ1) is 26.6. The van der Waals surface area contributed by atoms with Crippen LogP contribution in [-0.4, -0.2) is 185 Å². The average molecular weight is 803 g/mol. The van der Waals surface area contributed by atoms with Crippen LogP contribution in [0.2, 0.25) is 0 Å². The molecule has 56 heavy (non-hydrogen) atoms. The molecule has 3 saturated heterocycles. The van der Waals surface area contributed by atoms with Gasteiger partial charge in [0.25, 0.3) is 0 Å². The molecular formula is C34H42O22. The maximum Gasteiger partial charge on any atom is 0.239 e. The molecule has 22 nitrogen and oxygen atoms in total. The van der Waals surface area contributed by atoms with Crippen LogP contribution in [0, 0.1) is 0 Å². The Balaban J connectivity index is 1.32. The fourth-order valence-electron chi connectivity index (χ4n) is 6.40. The van der Waals surface area contributed by atoms with E-state index in [1.165, 1.54) is 25.3 Å². The Bertz CT molecular complexity index is 1880. The summed E-state index contributed by atoms with van der Waals surface area (Å²) in [4.78, 5) is 14.0. The lowest BCUT2D eigenvalue weighted by Gasteiger charge is -2.42. The number of aromatic hydroxyl groups is 2.